The summed E-state index contributed by atoms with van der Waals surface area (Å²) < 4.78 is 0. The van der Waals surface area contributed by atoms with Gasteiger partial charge in [-0.3, -0.25) is 0 Å². The Morgan fingerprint density at radius 1 is 1.15 bits per heavy atom. The Kier molecular flexibility index (Phi) is 2.69. The maximum Gasteiger partial charge on any atom is 0.222 e. The summed E-state index contributed by atoms with van der Waals surface area (Å²) in [5.74, 6) is 4.27. The average molecular weight is 272 g/mol. The minimum atomic E-state index is 0.373. The second kappa shape index (κ2) is 4.34. The molecule has 4 aliphatic rings. The molecule has 1 aromatic heterocycles. The van der Waals surface area contributed by atoms with Crippen LogP contribution in [0.3, 0.4) is 0 Å². The van der Waals surface area contributed by atoms with E-state index >= 15 is 0 Å². The first-order valence-corrected chi connectivity index (χ1v) is 7.95. The van der Waals surface area contributed by atoms with Crippen LogP contribution in [0.1, 0.15) is 44.2 Å². The molecule has 1 aromatic rings. The van der Waals surface area contributed by atoms with Gasteiger partial charge in [-0.15, -0.1) is 0 Å². The first-order valence-electron chi connectivity index (χ1n) is 7.95. The maximum atomic E-state index is 5.73. The lowest BCUT2D eigenvalue weighted by atomic mass is 9.49. The van der Waals surface area contributed by atoms with Gasteiger partial charge in [0.25, 0.3) is 0 Å². The highest BCUT2D eigenvalue weighted by molar-refractivity contribution is 5.40. The zero-order valence-electron chi connectivity index (χ0n) is 12.2. The van der Waals surface area contributed by atoms with Crippen molar-refractivity contribution in [3.8, 4) is 0 Å². The molecule has 0 atom stereocenters. The van der Waals surface area contributed by atoms with E-state index in [1.165, 1.54) is 38.5 Å². The molecule has 0 saturated heterocycles. The topological polar surface area (TPSA) is 63.8 Å². The van der Waals surface area contributed by atoms with Gasteiger partial charge in [0, 0.05) is 18.3 Å². The quantitative estimate of drug-likeness (QED) is 0.888. The molecule has 4 saturated carbocycles. The van der Waals surface area contributed by atoms with Gasteiger partial charge in [-0.2, -0.15) is 4.98 Å². The number of hydrogen-bond donors (Lipinski definition) is 2. The van der Waals surface area contributed by atoms with Crippen molar-refractivity contribution in [1.82, 2.24) is 9.97 Å². The van der Waals surface area contributed by atoms with E-state index in [-0.39, 0.29) is 0 Å². The molecule has 0 radical (unpaired) electrons. The van der Waals surface area contributed by atoms with Crippen molar-refractivity contribution in [2.24, 2.45) is 23.2 Å². The summed E-state index contributed by atoms with van der Waals surface area (Å²) in [6, 6.07) is 2.00. The number of hydrogen-bond acceptors (Lipinski definition) is 4. The van der Waals surface area contributed by atoms with Crippen LogP contribution in [0.2, 0.25) is 0 Å². The third-order valence-corrected chi connectivity index (χ3v) is 5.68. The summed E-state index contributed by atoms with van der Waals surface area (Å²) in [7, 11) is 0. The van der Waals surface area contributed by atoms with Gasteiger partial charge < -0.3 is 11.1 Å². The van der Waals surface area contributed by atoms with E-state index in [0.29, 0.717) is 11.4 Å². The number of aryl methyl sites for hydroxylation is 1. The predicted molar refractivity (Wildman–Crippen MR) is 80.3 cm³/mol. The molecule has 0 spiro atoms. The van der Waals surface area contributed by atoms with E-state index in [2.05, 4.69) is 15.3 Å². The van der Waals surface area contributed by atoms with Crippen LogP contribution in [0, 0.1) is 30.1 Å². The van der Waals surface area contributed by atoms with E-state index in [1.54, 1.807) is 0 Å². The minimum Gasteiger partial charge on any atom is -0.369 e. The molecule has 1 heterocycles. The van der Waals surface area contributed by atoms with Crippen molar-refractivity contribution in [2.45, 2.75) is 45.4 Å². The highest BCUT2D eigenvalue weighted by Gasteiger charge is 2.50. The average Bonchev–Trinajstić information content (AvgIpc) is 2.34. The normalized spacial score (nSPS) is 38.1. The van der Waals surface area contributed by atoms with Crippen molar-refractivity contribution in [3.63, 3.8) is 0 Å². The summed E-state index contributed by atoms with van der Waals surface area (Å²) in [6.45, 7) is 3.03. The Bertz CT molecular complexity index is 470. The highest BCUT2D eigenvalue weighted by Crippen LogP contribution is 2.59. The summed E-state index contributed by atoms with van der Waals surface area (Å²) >= 11 is 0. The van der Waals surface area contributed by atoms with Crippen molar-refractivity contribution < 1.29 is 0 Å². The van der Waals surface area contributed by atoms with Gasteiger partial charge >= 0.3 is 0 Å². The van der Waals surface area contributed by atoms with Crippen molar-refractivity contribution in [1.29, 1.82) is 0 Å². The summed E-state index contributed by atoms with van der Waals surface area (Å²) in [5.41, 5.74) is 7.20. The Morgan fingerprint density at radius 2 is 1.75 bits per heavy atom. The number of nitrogens with two attached hydrogens (primary N) is 1. The van der Waals surface area contributed by atoms with Gasteiger partial charge in [0.2, 0.25) is 5.95 Å². The third-order valence-electron chi connectivity index (χ3n) is 5.68. The van der Waals surface area contributed by atoms with E-state index < -0.39 is 0 Å². The van der Waals surface area contributed by atoms with Crippen LogP contribution in [0.25, 0.3) is 0 Å². The smallest absolute Gasteiger partial charge is 0.222 e. The lowest BCUT2D eigenvalue weighted by molar-refractivity contribution is -0.0444. The van der Waals surface area contributed by atoms with Crippen LogP contribution >= 0.6 is 0 Å². The van der Waals surface area contributed by atoms with Crippen molar-refractivity contribution >= 4 is 11.8 Å². The molecule has 4 bridgehead atoms. The number of rotatable bonds is 3. The zero-order chi connectivity index (χ0) is 13.7. The molecule has 4 nitrogen and oxygen atoms in total. The summed E-state index contributed by atoms with van der Waals surface area (Å²) in [6.07, 6.45) is 8.76. The van der Waals surface area contributed by atoms with Crippen LogP contribution in [0.4, 0.5) is 11.8 Å². The van der Waals surface area contributed by atoms with Crippen molar-refractivity contribution in [2.75, 3.05) is 17.6 Å². The number of nitrogen functional groups attached to an aromatic ring is 1. The number of nitrogens with one attached hydrogen (secondary N) is 1. The predicted octanol–water partition coefficient (Wildman–Crippen LogP) is 3.00. The van der Waals surface area contributed by atoms with E-state index in [0.717, 1.165) is 35.8 Å². The van der Waals surface area contributed by atoms with Gasteiger partial charge in [-0.1, -0.05) is 0 Å². The Labute approximate surface area is 120 Å². The lowest BCUT2D eigenvalue weighted by Gasteiger charge is -2.57. The van der Waals surface area contributed by atoms with Gasteiger partial charge in [0.15, 0.2) is 0 Å². The lowest BCUT2D eigenvalue weighted by Crippen LogP contribution is -2.49. The number of aromatic nitrogens is 2. The molecular formula is C16H24N4. The molecule has 0 aromatic carbocycles. The van der Waals surface area contributed by atoms with Gasteiger partial charge in [0.05, 0.1) is 0 Å². The Balaban J connectivity index is 1.49. The van der Waals surface area contributed by atoms with Gasteiger partial charge in [-0.05, 0) is 68.6 Å². The molecule has 0 unspecified atom stereocenters. The fourth-order valence-corrected chi connectivity index (χ4v) is 5.47. The van der Waals surface area contributed by atoms with Crippen LogP contribution in [0.5, 0.6) is 0 Å². The molecule has 4 heteroatoms. The summed E-state index contributed by atoms with van der Waals surface area (Å²) in [5, 5.41) is 3.55. The Hall–Kier alpha value is -1.32. The first kappa shape index (κ1) is 12.4. The van der Waals surface area contributed by atoms with Crippen molar-refractivity contribution in [3.05, 3.63) is 11.8 Å². The minimum absolute atomic E-state index is 0.373. The molecule has 108 valence electrons. The van der Waals surface area contributed by atoms with E-state index in [4.69, 9.17) is 5.73 Å². The van der Waals surface area contributed by atoms with Crippen LogP contribution in [-0.4, -0.2) is 16.5 Å². The molecule has 3 N–H and O–H groups in total. The first-order chi connectivity index (χ1) is 9.60. The van der Waals surface area contributed by atoms with E-state index in [9.17, 15) is 0 Å². The Morgan fingerprint density at radius 3 is 2.30 bits per heavy atom. The molecule has 20 heavy (non-hydrogen) atoms. The number of nitrogens with zero attached hydrogens (tertiary/aromatic N) is 2. The van der Waals surface area contributed by atoms with Crippen LogP contribution < -0.4 is 11.1 Å². The molecule has 4 aliphatic carbocycles. The fraction of sp³-hybridized carbons (Fsp3) is 0.750. The molecule has 5 rings (SSSR count). The fourth-order valence-electron chi connectivity index (χ4n) is 5.47. The van der Waals surface area contributed by atoms with Gasteiger partial charge in [-0.25, -0.2) is 4.98 Å². The SMILES string of the molecule is Cc1cc(NCC23CC4CC(CC(C4)C2)C3)nc(N)n1. The third kappa shape index (κ3) is 2.15. The van der Waals surface area contributed by atoms with Crippen LogP contribution in [-0.2, 0) is 0 Å². The standard InChI is InChI=1S/C16H24N4/c1-10-2-14(20-15(17)19-10)18-9-16-6-11-3-12(7-16)5-13(4-11)8-16/h2,11-13H,3-9H2,1H3,(H3,17,18,19,20). The summed E-state index contributed by atoms with van der Waals surface area (Å²) in [4.78, 5) is 8.44. The second-order valence-electron chi connectivity index (χ2n) is 7.52. The largest absolute Gasteiger partial charge is 0.369 e. The molecular weight excluding hydrogens is 248 g/mol. The molecule has 4 fully saturated rings. The van der Waals surface area contributed by atoms with Crippen LogP contribution in [0.15, 0.2) is 6.07 Å². The molecule has 0 amide bonds. The van der Waals surface area contributed by atoms with E-state index in [1.807, 2.05) is 13.0 Å². The molecule has 0 aliphatic heterocycles. The monoisotopic (exact) mass is 272 g/mol. The van der Waals surface area contributed by atoms with Gasteiger partial charge in [0.1, 0.15) is 5.82 Å². The zero-order valence-corrected chi connectivity index (χ0v) is 12.2. The second-order valence-corrected chi connectivity index (χ2v) is 7.52. The maximum absolute atomic E-state index is 5.73. The number of anilines is 2. The highest BCUT2D eigenvalue weighted by atomic mass is 15.1.